The van der Waals surface area contributed by atoms with Gasteiger partial charge in [0.1, 0.15) is 9.88 Å². The van der Waals surface area contributed by atoms with E-state index < -0.39 is 10.0 Å². The molecular formula is C12H9BrClN3O2S2. The van der Waals surface area contributed by atoms with Crippen LogP contribution in [-0.4, -0.2) is 18.4 Å². The highest BCUT2D eigenvalue weighted by molar-refractivity contribution is 9.10. The average Bonchev–Trinajstić information content (AvgIpc) is 2.43. The van der Waals surface area contributed by atoms with Crippen LogP contribution in [0.1, 0.15) is 5.69 Å². The number of sulfonamides is 1. The second-order valence-electron chi connectivity index (χ2n) is 3.97. The van der Waals surface area contributed by atoms with Gasteiger partial charge in [-0.2, -0.15) is 0 Å². The van der Waals surface area contributed by atoms with E-state index in [0.29, 0.717) is 20.9 Å². The Bertz CT molecular complexity index is 795. The lowest BCUT2D eigenvalue weighted by atomic mass is 10.3. The number of halogens is 2. The van der Waals surface area contributed by atoms with Crippen molar-refractivity contribution in [2.75, 3.05) is 4.72 Å². The fourth-order valence-electron chi connectivity index (χ4n) is 1.46. The van der Waals surface area contributed by atoms with Crippen molar-refractivity contribution >= 4 is 60.4 Å². The van der Waals surface area contributed by atoms with Crippen molar-refractivity contribution in [1.29, 1.82) is 0 Å². The summed E-state index contributed by atoms with van der Waals surface area (Å²) in [4.78, 5) is 4.00. The SMILES string of the molecule is NC(=S)c1ccc(S(=O)(=O)Nc2cc(Cl)ccc2Br)cn1. The molecule has 21 heavy (non-hydrogen) atoms. The first-order chi connectivity index (χ1) is 9.79. The lowest BCUT2D eigenvalue weighted by Crippen LogP contribution is -2.15. The van der Waals surface area contributed by atoms with E-state index in [2.05, 4.69) is 25.6 Å². The molecule has 1 aromatic heterocycles. The zero-order chi connectivity index (χ0) is 15.6. The molecule has 0 spiro atoms. The summed E-state index contributed by atoms with van der Waals surface area (Å²) in [5.41, 5.74) is 6.10. The van der Waals surface area contributed by atoms with Crippen molar-refractivity contribution < 1.29 is 8.42 Å². The van der Waals surface area contributed by atoms with Gasteiger partial charge in [0, 0.05) is 15.7 Å². The van der Waals surface area contributed by atoms with Gasteiger partial charge in [-0.15, -0.1) is 0 Å². The molecule has 1 heterocycles. The standard InChI is InChI=1S/C12H9BrClN3O2S2/c13-9-3-1-7(14)5-11(9)17-21(18,19)8-2-4-10(12(15)20)16-6-8/h1-6,17H,(H2,15,20). The van der Waals surface area contributed by atoms with E-state index in [1.807, 2.05) is 0 Å². The molecule has 1 aromatic carbocycles. The van der Waals surface area contributed by atoms with Gasteiger partial charge in [-0.05, 0) is 46.3 Å². The Morgan fingerprint density at radius 3 is 2.62 bits per heavy atom. The van der Waals surface area contributed by atoms with Crippen LogP contribution in [0.2, 0.25) is 5.02 Å². The van der Waals surface area contributed by atoms with Crippen LogP contribution in [0, 0.1) is 0 Å². The molecule has 0 bridgehead atoms. The third-order valence-electron chi connectivity index (χ3n) is 2.47. The summed E-state index contributed by atoms with van der Waals surface area (Å²) in [5.74, 6) is 0. The number of hydrogen-bond donors (Lipinski definition) is 2. The Balaban J connectivity index is 2.34. The summed E-state index contributed by atoms with van der Waals surface area (Å²) in [6.45, 7) is 0. The van der Waals surface area contributed by atoms with Crippen LogP contribution in [0.5, 0.6) is 0 Å². The topological polar surface area (TPSA) is 85.1 Å². The van der Waals surface area contributed by atoms with Crippen LogP contribution in [0.4, 0.5) is 5.69 Å². The third kappa shape index (κ3) is 3.91. The Kier molecular flexibility index (Phi) is 4.82. The molecule has 0 unspecified atom stereocenters. The molecule has 0 atom stereocenters. The van der Waals surface area contributed by atoms with Gasteiger partial charge >= 0.3 is 0 Å². The van der Waals surface area contributed by atoms with Crippen LogP contribution in [0.25, 0.3) is 0 Å². The minimum Gasteiger partial charge on any atom is -0.388 e. The van der Waals surface area contributed by atoms with Gasteiger partial charge in [-0.25, -0.2) is 8.42 Å². The highest BCUT2D eigenvalue weighted by atomic mass is 79.9. The average molecular weight is 407 g/mol. The molecule has 9 heteroatoms. The summed E-state index contributed by atoms with van der Waals surface area (Å²) >= 11 is 13.9. The molecule has 5 nitrogen and oxygen atoms in total. The minimum absolute atomic E-state index is 0.00521. The Hall–Kier alpha value is -1.22. The molecule has 0 aliphatic carbocycles. The molecule has 2 aromatic rings. The van der Waals surface area contributed by atoms with Crippen LogP contribution in [0.3, 0.4) is 0 Å². The van der Waals surface area contributed by atoms with E-state index in [-0.39, 0.29) is 9.88 Å². The van der Waals surface area contributed by atoms with Crippen molar-refractivity contribution in [1.82, 2.24) is 4.98 Å². The smallest absolute Gasteiger partial charge is 0.263 e. The van der Waals surface area contributed by atoms with Crippen LogP contribution >= 0.6 is 39.7 Å². The highest BCUT2D eigenvalue weighted by Gasteiger charge is 2.16. The van der Waals surface area contributed by atoms with Crippen LogP contribution < -0.4 is 10.5 Å². The molecule has 0 aliphatic rings. The second-order valence-corrected chi connectivity index (χ2v) is 7.39. The van der Waals surface area contributed by atoms with Gasteiger partial charge in [0.15, 0.2) is 0 Å². The minimum atomic E-state index is -3.78. The van der Waals surface area contributed by atoms with E-state index in [1.54, 1.807) is 12.1 Å². The Morgan fingerprint density at radius 2 is 2.05 bits per heavy atom. The number of anilines is 1. The van der Waals surface area contributed by atoms with Crippen LogP contribution in [-0.2, 0) is 10.0 Å². The Labute approximate surface area is 140 Å². The molecule has 0 fully saturated rings. The molecule has 0 radical (unpaired) electrons. The summed E-state index contributed by atoms with van der Waals surface area (Å²) in [6.07, 6.45) is 1.19. The van der Waals surface area contributed by atoms with Crippen molar-refractivity contribution in [2.45, 2.75) is 4.90 Å². The number of benzene rings is 1. The number of thiocarbonyl (C=S) groups is 1. The lowest BCUT2D eigenvalue weighted by Gasteiger charge is -2.10. The lowest BCUT2D eigenvalue weighted by molar-refractivity contribution is 0.601. The zero-order valence-electron chi connectivity index (χ0n) is 10.4. The second kappa shape index (κ2) is 6.27. The van der Waals surface area contributed by atoms with Crippen molar-refractivity contribution in [2.24, 2.45) is 5.73 Å². The van der Waals surface area contributed by atoms with Gasteiger partial charge in [0.25, 0.3) is 10.0 Å². The van der Waals surface area contributed by atoms with Gasteiger partial charge in [-0.1, -0.05) is 23.8 Å². The number of hydrogen-bond acceptors (Lipinski definition) is 4. The summed E-state index contributed by atoms with van der Waals surface area (Å²) in [6, 6.07) is 7.61. The molecule has 3 N–H and O–H groups in total. The van der Waals surface area contributed by atoms with Crippen molar-refractivity contribution in [3.05, 3.63) is 51.7 Å². The van der Waals surface area contributed by atoms with E-state index in [4.69, 9.17) is 29.6 Å². The number of pyridine rings is 1. The molecule has 110 valence electrons. The van der Waals surface area contributed by atoms with E-state index in [9.17, 15) is 8.42 Å². The summed E-state index contributed by atoms with van der Waals surface area (Å²) < 4.78 is 27.5. The van der Waals surface area contributed by atoms with Gasteiger partial charge in [0.2, 0.25) is 0 Å². The number of nitrogens with zero attached hydrogens (tertiary/aromatic N) is 1. The molecule has 0 aliphatic heterocycles. The first-order valence-electron chi connectivity index (χ1n) is 5.53. The maximum Gasteiger partial charge on any atom is 0.263 e. The quantitative estimate of drug-likeness (QED) is 0.763. The molecular weight excluding hydrogens is 398 g/mol. The van der Waals surface area contributed by atoms with E-state index in [0.717, 1.165) is 0 Å². The number of rotatable bonds is 4. The van der Waals surface area contributed by atoms with Gasteiger partial charge < -0.3 is 5.73 Å². The number of aromatic nitrogens is 1. The summed E-state index contributed by atoms with van der Waals surface area (Å²) in [5, 5.41) is 0.415. The van der Waals surface area contributed by atoms with Crippen molar-refractivity contribution in [3.63, 3.8) is 0 Å². The maximum atomic E-state index is 12.3. The maximum absolute atomic E-state index is 12.3. The van der Waals surface area contributed by atoms with Gasteiger partial charge in [-0.3, -0.25) is 9.71 Å². The Morgan fingerprint density at radius 1 is 1.33 bits per heavy atom. The molecule has 0 saturated carbocycles. The number of nitrogens with two attached hydrogens (primary N) is 1. The third-order valence-corrected chi connectivity index (χ3v) is 4.96. The first kappa shape index (κ1) is 16.2. The van der Waals surface area contributed by atoms with E-state index >= 15 is 0 Å². The molecule has 0 saturated heterocycles. The van der Waals surface area contributed by atoms with Gasteiger partial charge in [0.05, 0.1) is 11.4 Å². The fraction of sp³-hybridized carbons (Fsp3) is 0. The highest BCUT2D eigenvalue weighted by Crippen LogP contribution is 2.28. The first-order valence-corrected chi connectivity index (χ1v) is 8.59. The van der Waals surface area contributed by atoms with E-state index in [1.165, 1.54) is 24.4 Å². The normalized spacial score (nSPS) is 11.1. The number of nitrogens with one attached hydrogen (secondary N) is 1. The monoisotopic (exact) mass is 405 g/mol. The van der Waals surface area contributed by atoms with Crippen molar-refractivity contribution in [3.8, 4) is 0 Å². The summed E-state index contributed by atoms with van der Waals surface area (Å²) in [7, 11) is -3.78. The molecule has 2 rings (SSSR count). The predicted molar refractivity (Wildman–Crippen MR) is 90.1 cm³/mol. The molecule has 0 amide bonds. The fourth-order valence-corrected chi connectivity index (χ4v) is 3.25. The zero-order valence-corrected chi connectivity index (χ0v) is 14.4. The van der Waals surface area contributed by atoms with Crippen LogP contribution in [0.15, 0.2) is 45.9 Å². The predicted octanol–water partition coefficient (Wildman–Crippen LogP) is 2.93. The largest absolute Gasteiger partial charge is 0.388 e.